The molecule has 0 atom stereocenters. The highest BCUT2D eigenvalue weighted by Gasteiger charge is 2.13. The molecule has 0 aliphatic rings. The number of nitrogen functional groups attached to an aromatic ring is 1. The van der Waals surface area contributed by atoms with E-state index < -0.39 is 5.91 Å². The molecule has 6 heteroatoms. The molecule has 0 bridgehead atoms. The smallest absolute Gasteiger partial charge is 0.259 e. The summed E-state index contributed by atoms with van der Waals surface area (Å²) >= 11 is 0. The minimum atomic E-state index is -0.466. The van der Waals surface area contributed by atoms with E-state index in [1.807, 2.05) is 0 Å². The highest BCUT2D eigenvalue weighted by molar-refractivity contribution is 6.07. The highest BCUT2D eigenvalue weighted by Crippen LogP contribution is 2.27. The first-order valence-electron chi connectivity index (χ1n) is 6.17. The Morgan fingerprint density at radius 3 is 2.29 bits per heavy atom. The first kappa shape index (κ1) is 14.5. The van der Waals surface area contributed by atoms with E-state index in [1.165, 1.54) is 26.4 Å². The number of carbonyl (C=O) groups excluding carboxylic acids is 1. The van der Waals surface area contributed by atoms with Crippen LogP contribution < -0.4 is 20.5 Å². The fourth-order valence-electron chi connectivity index (χ4n) is 1.80. The van der Waals surface area contributed by atoms with Crippen molar-refractivity contribution in [2.45, 2.75) is 0 Å². The minimum Gasteiger partial charge on any atom is -0.507 e. The molecule has 0 spiro atoms. The Bertz CT molecular complexity index is 671. The van der Waals surface area contributed by atoms with E-state index in [-0.39, 0.29) is 11.3 Å². The molecule has 2 aromatic carbocycles. The molecular weight excluding hydrogens is 272 g/mol. The maximum Gasteiger partial charge on any atom is 0.259 e. The zero-order valence-corrected chi connectivity index (χ0v) is 11.7. The Kier molecular flexibility index (Phi) is 4.18. The van der Waals surface area contributed by atoms with Crippen molar-refractivity contribution < 1.29 is 19.4 Å². The molecule has 21 heavy (non-hydrogen) atoms. The predicted molar refractivity (Wildman–Crippen MR) is 80.0 cm³/mol. The Labute approximate surface area is 122 Å². The summed E-state index contributed by atoms with van der Waals surface area (Å²) in [4.78, 5) is 12.1. The molecule has 0 saturated heterocycles. The molecule has 0 aliphatic carbocycles. The van der Waals surface area contributed by atoms with Crippen LogP contribution in [0.25, 0.3) is 0 Å². The average molecular weight is 288 g/mol. The number of phenols is 1. The molecule has 6 nitrogen and oxygen atoms in total. The molecule has 0 heterocycles. The molecule has 2 rings (SSSR count). The third-order valence-electron chi connectivity index (χ3n) is 2.96. The van der Waals surface area contributed by atoms with Crippen molar-refractivity contribution in [3.05, 3.63) is 42.0 Å². The molecule has 0 unspecified atom stereocenters. The van der Waals surface area contributed by atoms with Crippen molar-refractivity contribution in [1.82, 2.24) is 0 Å². The molecule has 4 N–H and O–H groups in total. The lowest BCUT2D eigenvalue weighted by atomic mass is 10.1. The first-order chi connectivity index (χ1) is 10.0. The van der Waals surface area contributed by atoms with Crippen LogP contribution >= 0.6 is 0 Å². The van der Waals surface area contributed by atoms with Gasteiger partial charge in [0.05, 0.1) is 31.2 Å². The van der Waals surface area contributed by atoms with Gasteiger partial charge in [0, 0.05) is 12.1 Å². The summed E-state index contributed by atoms with van der Waals surface area (Å²) in [6.07, 6.45) is 0. The molecule has 0 aliphatic heterocycles. The summed E-state index contributed by atoms with van der Waals surface area (Å²) in [5.41, 5.74) is 6.77. The van der Waals surface area contributed by atoms with E-state index >= 15 is 0 Å². The fourth-order valence-corrected chi connectivity index (χ4v) is 1.80. The van der Waals surface area contributed by atoms with Gasteiger partial charge in [0.25, 0.3) is 5.91 Å². The SMILES string of the molecule is COc1ccc(NC(=O)c2ccc(OC)cc2O)c(N)c1. The molecule has 110 valence electrons. The quantitative estimate of drug-likeness (QED) is 0.750. The second kappa shape index (κ2) is 6.04. The van der Waals surface area contributed by atoms with Crippen molar-refractivity contribution in [2.24, 2.45) is 0 Å². The van der Waals surface area contributed by atoms with E-state index in [0.29, 0.717) is 22.9 Å². The van der Waals surface area contributed by atoms with E-state index in [1.54, 1.807) is 24.3 Å². The van der Waals surface area contributed by atoms with Crippen LogP contribution in [0.15, 0.2) is 36.4 Å². The summed E-state index contributed by atoms with van der Waals surface area (Å²) in [5, 5.41) is 12.5. The third kappa shape index (κ3) is 3.17. The van der Waals surface area contributed by atoms with Gasteiger partial charge in [0.15, 0.2) is 0 Å². The topological polar surface area (TPSA) is 93.8 Å². The van der Waals surface area contributed by atoms with Crippen molar-refractivity contribution >= 4 is 17.3 Å². The van der Waals surface area contributed by atoms with Crippen LogP contribution in [0, 0.1) is 0 Å². The summed E-state index contributed by atoms with van der Waals surface area (Å²) in [6.45, 7) is 0. The number of nitrogens with two attached hydrogens (primary N) is 1. The second-order valence-corrected chi connectivity index (χ2v) is 4.29. The number of methoxy groups -OCH3 is 2. The number of aromatic hydroxyl groups is 1. The lowest BCUT2D eigenvalue weighted by Gasteiger charge is -2.11. The first-order valence-corrected chi connectivity index (χ1v) is 6.17. The number of amides is 1. The zero-order valence-electron chi connectivity index (χ0n) is 11.7. The summed E-state index contributed by atoms with van der Waals surface area (Å²) < 4.78 is 10.0. The van der Waals surface area contributed by atoms with E-state index in [0.717, 1.165) is 0 Å². The Balaban J connectivity index is 2.22. The van der Waals surface area contributed by atoms with E-state index in [2.05, 4.69) is 5.32 Å². The number of hydrogen-bond donors (Lipinski definition) is 3. The van der Waals surface area contributed by atoms with Gasteiger partial charge in [-0.1, -0.05) is 0 Å². The number of rotatable bonds is 4. The van der Waals surface area contributed by atoms with Gasteiger partial charge >= 0.3 is 0 Å². The lowest BCUT2D eigenvalue weighted by Crippen LogP contribution is -2.13. The second-order valence-electron chi connectivity index (χ2n) is 4.29. The number of nitrogens with one attached hydrogen (secondary N) is 1. The van der Waals surface area contributed by atoms with Gasteiger partial charge in [-0.25, -0.2) is 0 Å². The maximum atomic E-state index is 12.1. The van der Waals surface area contributed by atoms with Crippen LogP contribution in [0.4, 0.5) is 11.4 Å². The number of hydrogen-bond acceptors (Lipinski definition) is 5. The van der Waals surface area contributed by atoms with Gasteiger partial charge in [0.2, 0.25) is 0 Å². The van der Waals surface area contributed by atoms with Gasteiger partial charge in [-0.15, -0.1) is 0 Å². The third-order valence-corrected chi connectivity index (χ3v) is 2.96. The molecule has 0 radical (unpaired) electrons. The molecule has 0 saturated carbocycles. The number of ether oxygens (including phenoxy) is 2. The number of anilines is 2. The van der Waals surface area contributed by atoms with Crippen LogP contribution in [0.2, 0.25) is 0 Å². The minimum absolute atomic E-state index is 0.131. The van der Waals surface area contributed by atoms with Gasteiger partial charge < -0.3 is 25.6 Å². The van der Waals surface area contributed by atoms with Gasteiger partial charge in [-0.2, -0.15) is 0 Å². The van der Waals surface area contributed by atoms with Crippen LogP contribution in [-0.2, 0) is 0 Å². The van der Waals surface area contributed by atoms with Crippen LogP contribution in [0.5, 0.6) is 17.2 Å². The highest BCUT2D eigenvalue weighted by atomic mass is 16.5. The van der Waals surface area contributed by atoms with E-state index in [9.17, 15) is 9.90 Å². The van der Waals surface area contributed by atoms with Crippen molar-refractivity contribution in [3.8, 4) is 17.2 Å². The predicted octanol–water partition coefficient (Wildman–Crippen LogP) is 2.24. The monoisotopic (exact) mass is 288 g/mol. The van der Waals surface area contributed by atoms with Crippen molar-refractivity contribution in [2.75, 3.05) is 25.3 Å². The van der Waals surface area contributed by atoms with Crippen LogP contribution in [0.1, 0.15) is 10.4 Å². The fraction of sp³-hybridized carbons (Fsp3) is 0.133. The molecule has 0 aromatic heterocycles. The number of carbonyl (C=O) groups is 1. The Morgan fingerprint density at radius 1 is 1.10 bits per heavy atom. The average Bonchev–Trinajstić information content (AvgIpc) is 2.48. The Hall–Kier alpha value is -2.89. The van der Waals surface area contributed by atoms with Crippen molar-refractivity contribution in [1.29, 1.82) is 0 Å². The van der Waals surface area contributed by atoms with Crippen LogP contribution in [-0.4, -0.2) is 25.2 Å². The number of benzene rings is 2. The number of phenolic OH excluding ortho intramolecular Hbond substituents is 1. The summed E-state index contributed by atoms with van der Waals surface area (Å²) in [6, 6.07) is 9.34. The standard InChI is InChI=1S/C15H16N2O4/c1-20-9-4-6-13(12(16)7-9)17-15(19)11-5-3-10(21-2)8-14(11)18/h3-8,18H,16H2,1-2H3,(H,17,19). The molecule has 2 aromatic rings. The molecule has 1 amide bonds. The van der Waals surface area contributed by atoms with Gasteiger partial charge in [0.1, 0.15) is 17.2 Å². The largest absolute Gasteiger partial charge is 0.507 e. The van der Waals surface area contributed by atoms with E-state index in [4.69, 9.17) is 15.2 Å². The van der Waals surface area contributed by atoms with Crippen LogP contribution in [0.3, 0.4) is 0 Å². The molecule has 0 fully saturated rings. The van der Waals surface area contributed by atoms with Crippen molar-refractivity contribution in [3.63, 3.8) is 0 Å². The summed E-state index contributed by atoms with van der Waals surface area (Å²) in [5.74, 6) is 0.428. The maximum absolute atomic E-state index is 12.1. The lowest BCUT2D eigenvalue weighted by molar-refractivity contribution is 0.102. The van der Waals surface area contributed by atoms with Gasteiger partial charge in [-0.3, -0.25) is 4.79 Å². The normalized spacial score (nSPS) is 10.0. The van der Waals surface area contributed by atoms with Gasteiger partial charge in [-0.05, 0) is 24.3 Å². The molecular formula is C15H16N2O4. The zero-order chi connectivity index (χ0) is 15.4. The Morgan fingerprint density at radius 2 is 1.71 bits per heavy atom. The summed E-state index contributed by atoms with van der Waals surface area (Å²) in [7, 11) is 3.01.